The molecule has 0 aromatic rings. The maximum Gasteiger partial charge on any atom is 0.0596 e. The van der Waals surface area contributed by atoms with Gasteiger partial charge in [0.2, 0.25) is 0 Å². The summed E-state index contributed by atoms with van der Waals surface area (Å²) < 4.78 is 5.54. The van der Waals surface area contributed by atoms with E-state index in [1.165, 1.54) is 19.4 Å². The Morgan fingerprint density at radius 3 is 2.93 bits per heavy atom. The smallest absolute Gasteiger partial charge is 0.0596 e. The molecule has 1 aliphatic heterocycles. The first-order valence-electron chi connectivity index (χ1n) is 5.62. The molecule has 0 amide bonds. The van der Waals surface area contributed by atoms with Gasteiger partial charge >= 0.3 is 0 Å². The van der Waals surface area contributed by atoms with E-state index in [2.05, 4.69) is 18.7 Å². The molecule has 0 N–H and O–H groups in total. The van der Waals surface area contributed by atoms with Crippen LogP contribution in [0.2, 0.25) is 0 Å². The number of hydrogen-bond acceptors (Lipinski definition) is 2. The molecule has 14 heavy (non-hydrogen) atoms. The minimum absolute atomic E-state index is 0.351. The summed E-state index contributed by atoms with van der Waals surface area (Å²) in [7, 11) is 0. The number of likely N-dealkylation sites (tertiary alicyclic amines) is 1. The lowest BCUT2D eigenvalue weighted by Crippen LogP contribution is -2.38. The molecule has 0 saturated carbocycles. The lowest BCUT2D eigenvalue weighted by molar-refractivity contribution is 0.0502. The van der Waals surface area contributed by atoms with Crippen LogP contribution >= 0.6 is 11.6 Å². The van der Waals surface area contributed by atoms with Crippen molar-refractivity contribution in [1.82, 2.24) is 4.90 Å². The molecule has 0 aromatic heterocycles. The van der Waals surface area contributed by atoms with Crippen molar-refractivity contribution in [3.8, 4) is 0 Å². The molecule has 2 nitrogen and oxygen atoms in total. The van der Waals surface area contributed by atoms with Crippen LogP contribution in [0.3, 0.4) is 0 Å². The van der Waals surface area contributed by atoms with Crippen molar-refractivity contribution in [2.24, 2.45) is 5.92 Å². The van der Waals surface area contributed by atoms with Gasteiger partial charge in [-0.25, -0.2) is 0 Å². The van der Waals surface area contributed by atoms with Gasteiger partial charge in [0.25, 0.3) is 0 Å². The Kier molecular flexibility index (Phi) is 5.83. The number of halogens is 1. The average Bonchev–Trinajstić information content (AvgIpc) is 2.18. The highest BCUT2D eigenvalue weighted by atomic mass is 35.5. The van der Waals surface area contributed by atoms with Gasteiger partial charge in [-0.15, -0.1) is 11.6 Å². The van der Waals surface area contributed by atoms with Gasteiger partial charge in [0.15, 0.2) is 0 Å². The largest absolute Gasteiger partial charge is 0.377 e. The van der Waals surface area contributed by atoms with Crippen LogP contribution in [0.15, 0.2) is 0 Å². The predicted octanol–water partition coefficient (Wildman–Crippen LogP) is 2.36. The molecular formula is C11H22ClNO. The molecule has 1 aliphatic rings. The van der Waals surface area contributed by atoms with E-state index in [-0.39, 0.29) is 0 Å². The van der Waals surface area contributed by atoms with Crippen LogP contribution in [0.25, 0.3) is 0 Å². The summed E-state index contributed by atoms with van der Waals surface area (Å²) >= 11 is 5.87. The topological polar surface area (TPSA) is 12.5 Å². The molecule has 0 aromatic carbocycles. The van der Waals surface area contributed by atoms with E-state index in [1.54, 1.807) is 0 Å². The molecule has 0 radical (unpaired) electrons. The Morgan fingerprint density at radius 2 is 2.29 bits per heavy atom. The van der Waals surface area contributed by atoms with E-state index in [9.17, 15) is 0 Å². The fourth-order valence-electron chi connectivity index (χ4n) is 1.90. The maximum absolute atomic E-state index is 5.87. The van der Waals surface area contributed by atoms with Crippen molar-refractivity contribution in [3.05, 3.63) is 0 Å². The van der Waals surface area contributed by atoms with Crippen molar-refractivity contribution in [2.45, 2.75) is 32.8 Å². The van der Waals surface area contributed by atoms with Gasteiger partial charge in [-0.05, 0) is 39.2 Å². The molecule has 0 bridgehead atoms. The Labute approximate surface area is 92.6 Å². The van der Waals surface area contributed by atoms with E-state index < -0.39 is 0 Å². The number of nitrogens with zero attached hydrogens (tertiary/aromatic N) is 1. The number of rotatable bonds is 5. The lowest BCUT2D eigenvalue weighted by atomic mass is 10.0. The first-order valence-corrected chi connectivity index (χ1v) is 6.15. The Balaban J connectivity index is 2.11. The first kappa shape index (κ1) is 12.3. The highest BCUT2D eigenvalue weighted by molar-refractivity contribution is 6.18. The van der Waals surface area contributed by atoms with Gasteiger partial charge in [-0.2, -0.15) is 0 Å². The predicted molar refractivity (Wildman–Crippen MR) is 61.0 cm³/mol. The van der Waals surface area contributed by atoms with E-state index in [0.717, 1.165) is 25.6 Å². The van der Waals surface area contributed by atoms with Gasteiger partial charge in [0.05, 0.1) is 12.7 Å². The van der Waals surface area contributed by atoms with Gasteiger partial charge < -0.3 is 9.64 Å². The normalized spacial score (nSPS) is 24.4. The minimum atomic E-state index is 0.351. The van der Waals surface area contributed by atoms with E-state index in [0.29, 0.717) is 12.0 Å². The van der Waals surface area contributed by atoms with E-state index >= 15 is 0 Å². The first-order chi connectivity index (χ1) is 6.72. The Hall–Kier alpha value is 0.210. The number of hydrogen-bond donors (Lipinski definition) is 0. The van der Waals surface area contributed by atoms with E-state index in [4.69, 9.17) is 16.3 Å². The third-order valence-electron chi connectivity index (χ3n) is 2.68. The van der Waals surface area contributed by atoms with Crippen molar-refractivity contribution >= 4 is 11.6 Å². The van der Waals surface area contributed by atoms with Crippen LogP contribution in [0.1, 0.15) is 26.7 Å². The van der Waals surface area contributed by atoms with E-state index in [1.807, 2.05) is 0 Å². The Bertz CT molecular complexity index is 152. The molecule has 1 saturated heterocycles. The second-order valence-electron chi connectivity index (χ2n) is 4.38. The fourth-order valence-corrected chi connectivity index (χ4v) is 2.15. The quantitative estimate of drug-likeness (QED) is 0.659. The molecular weight excluding hydrogens is 198 g/mol. The van der Waals surface area contributed by atoms with Crippen LogP contribution in [0.4, 0.5) is 0 Å². The van der Waals surface area contributed by atoms with Crippen molar-refractivity contribution in [2.75, 3.05) is 32.1 Å². The summed E-state index contributed by atoms with van der Waals surface area (Å²) in [6.45, 7) is 8.45. The zero-order valence-electron chi connectivity index (χ0n) is 9.34. The molecule has 1 fully saturated rings. The number of alkyl halides is 1. The Morgan fingerprint density at radius 1 is 1.50 bits per heavy atom. The minimum Gasteiger partial charge on any atom is -0.377 e. The highest BCUT2D eigenvalue weighted by Gasteiger charge is 2.18. The standard InChI is InChI=1S/C11H22ClNO/c1-10(2)14-7-6-13-5-3-4-11(8-12)9-13/h10-11H,3-9H2,1-2H3. The summed E-state index contributed by atoms with van der Waals surface area (Å²) in [4.78, 5) is 2.47. The number of piperidine rings is 1. The third kappa shape index (κ3) is 4.63. The monoisotopic (exact) mass is 219 g/mol. The second-order valence-corrected chi connectivity index (χ2v) is 4.69. The fraction of sp³-hybridized carbons (Fsp3) is 1.00. The molecule has 1 unspecified atom stereocenters. The highest BCUT2D eigenvalue weighted by Crippen LogP contribution is 2.17. The molecule has 1 atom stereocenters. The van der Waals surface area contributed by atoms with Crippen molar-refractivity contribution < 1.29 is 4.74 Å². The summed E-state index contributed by atoms with van der Waals surface area (Å²) in [5.74, 6) is 1.51. The van der Waals surface area contributed by atoms with Crippen molar-refractivity contribution in [1.29, 1.82) is 0 Å². The van der Waals surface area contributed by atoms with Crippen LogP contribution < -0.4 is 0 Å². The zero-order chi connectivity index (χ0) is 10.4. The van der Waals surface area contributed by atoms with Crippen LogP contribution in [0.5, 0.6) is 0 Å². The van der Waals surface area contributed by atoms with Gasteiger partial charge in [-0.3, -0.25) is 0 Å². The third-order valence-corrected chi connectivity index (χ3v) is 3.12. The summed E-state index contributed by atoms with van der Waals surface area (Å²) in [6, 6.07) is 0. The van der Waals surface area contributed by atoms with Gasteiger partial charge in [0.1, 0.15) is 0 Å². The SMILES string of the molecule is CC(C)OCCN1CCCC(CCl)C1. The van der Waals surface area contributed by atoms with Crippen LogP contribution in [0, 0.1) is 5.92 Å². The molecule has 3 heteroatoms. The molecule has 1 heterocycles. The molecule has 0 aliphatic carbocycles. The average molecular weight is 220 g/mol. The summed E-state index contributed by atoms with van der Waals surface area (Å²) in [5, 5.41) is 0. The molecule has 1 rings (SSSR count). The molecule has 84 valence electrons. The van der Waals surface area contributed by atoms with Crippen molar-refractivity contribution in [3.63, 3.8) is 0 Å². The second kappa shape index (κ2) is 6.65. The summed E-state index contributed by atoms with van der Waals surface area (Å²) in [5.41, 5.74) is 0. The lowest BCUT2D eigenvalue weighted by Gasteiger charge is -2.31. The number of ether oxygens (including phenoxy) is 1. The van der Waals surface area contributed by atoms with Crippen LogP contribution in [-0.4, -0.2) is 43.1 Å². The molecule has 0 spiro atoms. The zero-order valence-corrected chi connectivity index (χ0v) is 10.1. The summed E-state index contributed by atoms with van der Waals surface area (Å²) in [6.07, 6.45) is 2.94. The van der Waals surface area contributed by atoms with Gasteiger partial charge in [-0.1, -0.05) is 0 Å². The maximum atomic E-state index is 5.87. The van der Waals surface area contributed by atoms with Crippen LogP contribution in [-0.2, 0) is 4.74 Å². The van der Waals surface area contributed by atoms with Gasteiger partial charge in [0, 0.05) is 19.0 Å².